The first kappa shape index (κ1) is 14.6. The Hall–Kier alpha value is -0.770. The maximum Gasteiger partial charge on any atom is 0.0655 e. The summed E-state index contributed by atoms with van der Waals surface area (Å²) in [5.74, 6) is 0. The number of nitrogens with two attached hydrogens (primary N) is 1. The molecule has 1 aliphatic carbocycles. The van der Waals surface area contributed by atoms with Gasteiger partial charge in [0.25, 0.3) is 0 Å². The average Bonchev–Trinajstić information content (AvgIpc) is 2.31. The molecule has 0 aliphatic heterocycles. The van der Waals surface area contributed by atoms with Crippen LogP contribution in [-0.2, 0) is 11.3 Å². The summed E-state index contributed by atoms with van der Waals surface area (Å²) in [7, 11) is 0. The molecule has 0 saturated heterocycles. The quantitative estimate of drug-likeness (QED) is 0.815. The van der Waals surface area contributed by atoms with E-state index in [2.05, 4.69) is 19.2 Å². The zero-order valence-corrected chi connectivity index (χ0v) is 12.6. The van der Waals surface area contributed by atoms with E-state index in [1.165, 1.54) is 0 Å². The number of anilines is 1. The van der Waals surface area contributed by atoms with Gasteiger partial charge >= 0.3 is 0 Å². The Labute approximate surface area is 120 Å². The molecule has 0 spiro atoms. The fourth-order valence-electron chi connectivity index (χ4n) is 2.73. The summed E-state index contributed by atoms with van der Waals surface area (Å²) in [4.78, 5) is 0. The SMILES string of the molecule is CCOC1CC(NCc2cc(N)cc(Cl)c2)C1(C)C. The monoisotopic (exact) mass is 282 g/mol. The van der Waals surface area contributed by atoms with E-state index >= 15 is 0 Å². The van der Waals surface area contributed by atoms with E-state index in [1.807, 2.05) is 19.1 Å². The molecule has 0 aromatic heterocycles. The maximum absolute atomic E-state index is 6.01. The molecule has 3 N–H and O–H groups in total. The predicted molar refractivity (Wildman–Crippen MR) is 80.3 cm³/mol. The van der Waals surface area contributed by atoms with Gasteiger partial charge < -0.3 is 15.8 Å². The van der Waals surface area contributed by atoms with Crippen LogP contribution in [0.2, 0.25) is 5.02 Å². The second kappa shape index (κ2) is 5.70. The molecule has 2 unspecified atom stereocenters. The van der Waals surface area contributed by atoms with Crippen molar-refractivity contribution in [2.75, 3.05) is 12.3 Å². The first-order valence-electron chi connectivity index (χ1n) is 6.83. The highest BCUT2D eigenvalue weighted by molar-refractivity contribution is 6.30. The van der Waals surface area contributed by atoms with E-state index in [1.54, 1.807) is 6.07 Å². The van der Waals surface area contributed by atoms with Crippen LogP contribution in [0.3, 0.4) is 0 Å². The second-order valence-electron chi connectivity index (χ2n) is 5.83. The van der Waals surface area contributed by atoms with E-state index in [4.69, 9.17) is 22.1 Å². The number of benzene rings is 1. The van der Waals surface area contributed by atoms with Gasteiger partial charge in [0.1, 0.15) is 0 Å². The van der Waals surface area contributed by atoms with Gasteiger partial charge in [0.15, 0.2) is 0 Å². The smallest absolute Gasteiger partial charge is 0.0655 e. The minimum atomic E-state index is 0.181. The van der Waals surface area contributed by atoms with Crippen LogP contribution >= 0.6 is 11.6 Å². The van der Waals surface area contributed by atoms with Gasteiger partial charge in [-0.15, -0.1) is 0 Å². The molecule has 2 atom stereocenters. The fraction of sp³-hybridized carbons (Fsp3) is 0.600. The van der Waals surface area contributed by atoms with Gasteiger partial charge in [-0.05, 0) is 37.1 Å². The molecule has 1 fully saturated rings. The van der Waals surface area contributed by atoms with Gasteiger partial charge in [0.2, 0.25) is 0 Å². The first-order valence-corrected chi connectivity index (χ1v) is 7.21. The van der Waals surface area contributed by atoms with Crippen molar-refractivity contribution in [2.45, 2.75) is 45.9 Å². The highest BCUT2D eigenvalue weighted by Crippen LogP contribution is 2.42. The topological polar surface area (TPSA) is 47.3 Å². The molecule has 1 aliphatic rings. The first-order chi connectivity index (χ1) is 8.93. The largest absolute Gasteiger partial charge is 0.399 e. The molecule has 1 saturated carbocycles. The third-order valence-corrected chi connectivity index (χ3v) is 4.30. The summed E-state index contributed by atoms with van der Waals surface area (Å²) < 4.78 is 5.73. The molecule has 0 heterocycles. The van der Waals surface area contributed by atoms with Crippen molar-refractivity contribution in [2.24, 2.45) is 5.41 Å². The third kappa shape index (κ3) is 3.22. The molecule has 0 bridgehead atoms. The third-order valence-electron chi connectivity index (χ3n) is 4.08. The summed E-state index contributed by atoms with van der Waals surface area (Å²) in [5.41, 5.74) is 7.81. The summed E-state index contributed by atoms with van der Waals surface area (Å²) in [5, 5.41) is 4.27. The molecule has 1 aromatic rings. The number of ether oxygens (including phenoxy) is 1. The Morgan fingerprint density at radius 1 is 1.42 bits per heavy atom. The van der Waals surface area contributed by atoms with Crippen LogP contribution in [-0.4, -0.2) is 18.8 Å². The minimum absolute atomic E-state index is 0.181. The van der Waals surface area contributed by atoms with Gasteiger partial charge in [-0.1, -0.05) is 25.4 Å². The number of hydrogen-bond donors (Lipinski definition) is 2. The summed E-state index contributed by atoms with van der Waals surface area (Å²) in [6, 6.07) is 6.16. The normalized spacial score (nSPS) is 25.1. The number of hydrogen-bond acceptors (Lipinski definition) is 3. The summed E-state index contributed by atoms with van der Waals surface area (Å²) in [6.45, 7) is 8.12. The van der Waals surface area contributed by atoms with Crippen LogP contribution in [0.1, 0.15) is 32.8 Å². The minimum Gasteiger partial charge on any atom is -0.399 e. The molecular formula is C15H23ClN2O. The van der Waals surface area contributed by atoms with Crippen LogP contribution in [0.5, 0.6) is 0 Å². The van der Waals surface area contributed by atoms with Crippen molar-refractivity contribution in [1.82, 2.24) is 5.32 Å². The Morgan fingerprint density at radius 3 is 2.74 bits per heavy atom. The average molecular weight is 283 g/mol. The highest BCUT2D eigenvalue weighted by atomic mass is 35.5. The van der Waals surface area contributed by atoms with E-state index in [0.29, 0.717) is 22.9 Å². The fourth-order valence-corrected chi connectivity index (χ4v) is 3.00. The van der Waals surface area contributed by atoms with Crippen LogP contribution < -0.4 is 11.1 Å². The van der Waals surface area contributed by atoms with Crippen LogP contribution in [0, 0.1) is 5.41 Å². The van der Waals surface area contributed by atoms with Crippen molar-refractivity contribution in [1.29, 1.82) is 0 Å². The van der Waals surface area contributed by atoms with Crippen molar-refractivity contribution in [3.8, 4) is 0 Å². The van der Waals surface area contributed by atoms with Crippen molar-refractivity contribution in [3.63, 3.8) is 0 Å². The zero-order valence-electron chi connectivity index (χ0n) is 11.9. The Kier molecular flexibility index (Phi) is 4.39. The maximum atomic E-state index is 6.01. The number of halogens is 1. The number of rotatable bonds is 5. The molecule has 0 radical (unpaired) electrons. The number of nitrogens with one attached hydrogen (secondary N) is 1. The lowest BCUT2D eigenvalue weighted by Crippen LogP contribution is -2.60. The molecule has 4 heteroatoms. The molecule has 1 aromatic carbocycles. The van der Waals surface area contributed by atoms with Crippen LogP contribution in [0.15, 0.2) is 18.2 Å². The molecule has 2 rings (SSSR count). The van der Waals surface area contributed by atoms with Crippen LogP contribution in [0.25, 0.3) is 0 Å². The Bertz CT molecular complexity index is 428. The molecule has 3 nitrogen and oxygen atoms in total. The van der Waals surface area contributed by atoms with E-state index < -0.39 is 0 Å². The van der Waals surface area contributed by atoms with Gasteiger partial charge in [0, 0.05) is 35.3 Å². The molecule has 106 valence electrons. The van der Waals surface area contributed by atoms with Crippen molar-refractivity contribution >= 4 is 17.3 Å². The van der Waals surface area contributed by atoms with Crippen LogP contribution in [0.4, 0.5) is 5.69 Å². The Morgan fingerprint density at radius 2 is 2.16 bits per heavy atom. The lowest BCUT2D eigenvalue weighted by molar-refractivity contribution is -0.114. The lowest BCUT2D eigenvalue weighted by atomic mass is 9.64. The van der Waals surface area contributed by atoms with E-state index in [0.717, 1.165) is 25.1 Å². The van der Waals surface area contributed by atoms with Gasteiger partial charge in [-0.3, -0.25) is 0 Å². The van der Waals surface area contributed by atoms with E-state index in [9.17, 15) is 0 Å². The summed E-state index contributed by atoms with van der Waals surface area (Å²) in [6.07, 6.45) is 1.43. The standard InChI is InChI=1S/C15H23ClN2O/c1-4-19-14-8-13(15(14,2)3)18-9-10-5-11(16)7-12(17)6-10/h5-7,13-14,18H,4,8-9,17H2,1-3H3. The number of nitrogen functional groups attached to an aromatic ring is 1. The Balaban J connectivity index is 1.90. The lowest BCUT2D eigenvalue weighted by Gasteiger charge is -2.52. The van der Waals surface area contributed by atoms with Crippen molar-refractivity contribution < 1.29 is 4.74 Å². The zero-order chi connectivity index (χ0) is 14.0. The predicted octanol–water partition coefficient (Wildman–Crippen LogP) is 3.22. The second-order valence-corrected chi connectivity index (χ2v) is 6.26. The van der Waals surface area contributed by atoms with Gasteiger partial charge in [-0.2, -0.15) is 0 Å². The molecule has 0 amide bonds. The highest BCUT2D eigenvalue weighted by Gasteiger charge is 2.48. The van der Waals surface area contributed by atoms with Crippen molar-refractivity contribution in [3.05, 3.63) is 28.8 Å². The van der Waals surface area contributed by atoms with Gasteiger partial charge in [0.05, 0.1) is 6.10 Å². The van der Waals surface area contributed by atoms with Gasteiger partial charge in [-0.25, -0.2) is 0 Å². The molecule has 19 heavy (non-hydrogen) atoms. The molecular weight excluding hydrogens is 260 g/mol. The summed E-state index contributed by atoms with van der Waals surface area (Å²) >= 11 is 6.01. The van der Waals surface area contributed by atoms with E-state index in [-0.39, 0.29) is 5.41 Å².